The van der Waals surface area contributed by atoms with Gasteiger partial charge in [0.1, 0.15) is 0 Å². The number of carbonyl (C=O) groups is 1. The standard InChI is InChI=1S/C18H14N6O/c25-18(14-12-21-24(13-14)15-6-2-1-3-7-15)22-16-8-4-9-19-17(16)23-11-5-10-20-23/h1-13H,(H,22,25). The Morgan fingerprint density at radius 2 is 1.80 bits per heavy atom. The van der Waals surface area contributed by atoms with Crippen LogP contribution in [0.3, 0.4) is 0 Å². The van der Waals surface area contributed by atoms with Crippen molar-refractivity contribution < 1.29 is 4.79 Å². The molecule has 7 nitrogen and oxygen atoms in total. The second-order valence-electron chi connectivity index (χ2n) is 5.29. The number of benzene rings is 1. The molecule has 0 unspecified atom stereocenters. The highest BCUT2D eigenvalue weighted by molar-refractivity contribution is 6.04. The molecule has 122 valence electrons. The first-order chi connectivity index (χ1) is 12.3. The Kier molecular flexibility index (Phi) is 3.80. The highest BCUT2D eigenvalue weighted by Crippen LogP contribution is 2.17. The molecule has 3 heterocycles. The van der Waals surface area contributed by atoms with Crippen LogP contribution in [-0.4, -0.2) is 30.5 Å². The highest BCUT2D eigenvalue weighted by Gasteiger charge is 2.13. The molecule has 25 heavy (non-hydrogen) atoms. The molecule has 0 saturated carbocycles. The highest BCUT2D eigenvalue weighted by atomic mass is 16.1. The molecule has 0 fully saturated rings. The monoisotopic (exact) mass is 330 g/mol. The lowest BCUT2D eigenvalue weighted by Gasteiger charge is -2.09. The van der Waals surface area contributed by atoms with Crippen LogP contribution in [0.1, 0.15) is 10.4 Å². The van der Waals surface area contributed by atoms with Crippen molar-refractivity contribution in [2.75, 3.05) is 5.32 Å². The summed E-state index contributed by atoms with van der Waals surface area (Å²) in [5.74, 6) is 0.292. The van der Waals surface area contributed by atoms with Crippen molar-refractivity contribution in [2.45, 2.75) is 0 Å². The minimum atomic E-state index is -0.261. The topological polar surface area (TPSA) is 77.6 Å². The molecule has 0 spiro atoms. The SMILES string of the molecule is O=C(Nc1cccnc1-n1cccn1)c1cnn(-c2ccccc2)c1. The molecule has 3 aromatic heterocycles. The maximum Gasteiger partial charge on any atom is 0.258 e. The second kappa shape index (κ2) is 6.40. The van der Waals surface area contributed by atoms with Crippen LogP contribution in [0.15, 0.2) is 79.5 Å². The number of pyridine rings is 1. The molecule has 0 atom stereocenters. The fourth-order valence-electron chi connectivity index (χ4n) is 2.43. The molecule has 0 aliphatic carbocycles. The quantitative estimate of drug-likeness (QED) is 0.624. The van der Waals surface area contributed by atoms with E-state index in [1.807, 2.05) is 30.3 Å². The minimum Gasteiger partial charge on any atom is -0.319 e. The maximum absolute atomic E-state index is 12.6. The van der Waals surface area contributed by atoms with Crippen molar-refractivity contribution in [1.29, 1.82) is 0 Å². The molecule has 4 aromatic rings. The van der Waals surface area contributed by atoms with Crippen LogP contribution in [0, 0.1) is 0 Å². The molecular formula is C18H14N6O. The second-order valence-corrected chi connectivity index (χ2v) is 5.29. The average molecular weight is 330 g/mol. The summed E-state index contributed by atoms with van der Waals surface area (Å²) in [6, 6.07) is 15.0. The number of amides is 1. The van der Waals surface area contributed by atoms with Crippen molar-refractivity contribution in [2.24, 2.45) is 0 Å². The Balaban J connectivity index is 1.59. The molecule has 0 radical (unpaired) electrons. The van der Waals surface area contributed by atoms with Crippen LogP contribution >= 0.6 is 0 Å². The summed E-state index contributed by atoms with van der Waals surface area (Å²) in [5, 5.41) is 11.3. The third kappa shape index (κ3) is 3.02. The number of hydrogen-bond acceptors (Lipinski definition) is 4. The van der Waals surface area contributed by atoms with Gasteiger partial charge in [0.25, 0.3) is 5.91 Å². The molecule has 7 heteroatoms. The summed E-state index contributed by atoms with van der Waals surface area (Å²) < 4.78 is 3.26. The maximum atomic E-state index is 12.6. The fourth-order valence-corrected chi connectivity index (χ4v) is 2.43. The van der Waals surface area contributed by atoms with E-state index in [1.54, 1.807) is 52.4 Å². The zero-order valence-electron chi connectivity index (χ0n) is 13.1. The Morgan fingerprint density at radius 3 is 2.60 bits per heavy atom. The first kappa shape index (κ1) is 14.8. The molecule has 0 aliphatic rings. The van der Waals surface area contributed by atoms with Crippen molar-refractivity contribution in [3.63, 3.8) is 0 Å². The van der Waals surface area contributed by atoms with Gasteiger partial charge in [-0.3, -0.25) is 4.79 Å². The van der Waals surface area contributed by atoms with Crippen LogP contribution in [-0.2, 0) is 0 Å². The van der Waals surface area contributed by atoms with Crippen LogP contribution < -0.4 is 5.32 Å². The van der Waals surface area contributed by atoms with E-state index in [2.05, 4.69) is 20.5 Å². The van der Waals surface area contributed by atoms with Crippen molar-refractivity contribution >= 4 is 11.6 Å². The largest absolute Gasteiger partial charge is 0.319 e. The van der Waals surface area contributed by atoms with Crippen LogP contribution in [0.2, 0.25) is 0 Å². The van der Waals surface area contributed by atoms with E-state index in [0.29, 0.717) is 17.1 Å². The zero-order chi connectivity index (χ0) is 17.1. The number of rotatable bonds is 4. The van der Waals surface area contributed by atoms with Gasteiger partial charge < -0.3 is 5.32 Å². The zero-order valence-corrected chi connectivity index (χ0v) is 13.1. The molecule has 0 aliphatic heterocycles. The van der Waals surface area contributed by atoms with Gasteiger partial charge in [-0.1, -0.05) is 18.2 Å². The smallest absolute Gasteiger partial charge is 0.258 e. The molecule has 1 amide bonds. The molecule has 0 bridgehead atoms. The first-order valence-electron chi connectivity index (χ1n) is 7.68. The van der Waals surface area contributed by atoms with Gasteiger partial charge in [-0.25, -0.2) is 14.3 Å². The van der Waals surface area contributed by atoms with Crippen LogP contribution in [0.5, 0.6) is 0 Å². The van der Waals surface area contributed by atoms with Gasteiger partial charge in [-0.15, -0.1) is 0 Å². The summed E-state index contributed by atoms with van der Waals surface area (Å²) in [7, 11) is 0. The van der Waals surface area contributed by atoms with E-state index in [1.165, 1.54) is 6.20 Å². The van der Waals surface area contributed by atoms with Crippen molar-refractivity contribution in [3.8, 4) is 11.5 Å². The summed E-state index contributed by atoms with van der Waals surface area (Å²) >= 11 is 0. The molecule has 1 N–H and O–H groups in total. The van der Waals surface area contributed by atoms with Gasteiger partial charge in [0.15, 0.2) is 5.82 Å². The summed E-state index contributed by atoms with van der Waals surface area (Å²) in [6.07, 6.45) is 8.30. The summed E-state index contributed by atoms with van der Waals surface area (Å²) in [4.78, 5) is 16.8. The van der Waals surface area contributed by atoms with Gasteiger partial charge in [-0.2, -0.15) is 10.2 Å². The Morgan fingerprint density at radius 1 is 0.920 bits per heavy atom. The molecule has 0 saturated heterocycles. The van der Waals surface area contributed by atoms with E-state index in [0.717, 1.165) is 5.69 Å². The number of aromatic nitrogens is 5. The third-order valence-corrected chi connectivity index (χ3v) is 3.62. The van der Waals surface area contributed by atoms with Gasteiger partial charge >= 0.3 is 0 Å². The lowest BCUT2D eigenvalue weighted by atomic mass is 10.3. The van der Waals surface area contributed by atoms with E-state index in [4.69, 9.17) is 0 Å². The van der Waals surface area contributed by atoms with Crippen molar-refractivity contribution in [1.82, 2.24) is 24.5 Å². The van der Waals surface area contributed by atoms with Crippen molar-refractivity contribution in [3.05, 3.63) is 85.1 Å². The average Bonchev–Trinajstić information content (AvgIpc) is 3.35. The summed E-state index contributed by atoms with van der Waals surface area (Å²) in [5.41, 5.74) is 1.92. The normalized spacial score (nSPS) is 10.6. The van der Waals surface area contributed by atoms with Crippen LogP contribution in [0.25, 0.3) is 11.5 Å². The molecule has 4 rings (SSSR count). The first-order valence-corrected chi connectivity index (χ1v) is 7.68. The Hall–Kier alpha value is -3.74. The fraction of sp³-hybridized carbons (Fsp3) is 0. The summed E-state index contributed by atoms with van der Waals surface area (Å²) in [6.45, 7) is 0. The van der Waals surface area contributed by atoms with E-state index < -0.39 is 0 Å². The predicted molar refractivity (Wildman–Crippen MR) is 92.9 cm³/mol. The lowest BCUT2D eigenvalue weighted by Crippen LogP contribution is -2.14. The number of hydrogen-bond donors (Lipinski definition) is 1. The number of anilines is 1. The number of nitrogens with one attached hydrogen (secondary N) is 1. The number of carbonyl (C=O) groups excluding carboxylic acids is 1. The molecular weight excluding hydrogens is 316 g/mol. The molecule has 1 aromatic carbocycles. The number of para-hydroxylation sites is 1. The van der Waals surface area contributed by atoms with E-state index in [-0.39, 0.29) is 5.91 Å². The van der Waals surface area contributed by atoms with Gasteiger partial charge in [-0.05, 0) is 30.3 Å². The van der Waals surface area contributed by atoms with Crippen LogP contribution in [0.4, 0.5) is 5.69 Å². The Labute approximate surface area is 143 Å². The van der Waals surface area contributed by atoms with Gasteiger partial charge in [0.05, 0.1) is 23.1 Å². The minimum absolute atomic E-state index is 0.261. The Bertz CT molecular complexity index is 991. The number of nitrogens with zero attached hydrogens (tertiary/aromatic N) is 5. The lowest BCUT2D eigenvalue weighted by molar-refractivity contribution is 0.102. The van der Waals surface area contributed by atoms with E-state index >= 15 is 0 Å². The third-order valence-electron chi connectivity index (χ3n) is 3.62. The predicted octanol–water partition coefficient (Wildman–Crippen LogP) is 2.71. The van der Waals surface area contributed by atoms with E-state index in [9.17, 15) is 4.79 Å². The van der Waals surface area contributed by atoms with Gasteiger partial charge in [0, 0.05) is 24.8 Å². The van der Waals surface area contributed by atoms with Gasteiger partial charge in [0.2, 0.25) is 0 Å².